The van der Waals surface area contributed by atoms with Crippen molar-refractivity contribution in [3.05, 3.63) is 0 Å². The molecule has 0 N–H and O–H groups in total. The Morgan fingerprint density at radius 2 is 1.82 bits per heavy atom. The molecule has 0 bridgehead atoms. The number of ether oxygens (including phenoxy) is 2. The highest BCUT2D eigenvalue weighted by molar-refractivity contribution is 6.20. The second-order valence-electron chi connectivity index (χ2n) is 6.01. The van der Waals surface area contributed by atoms with Crippen LogP contribution in [0.25, 0.3) is 0 Å². The lowest BCUT2D eigenvalue weighted by molar-refractivity contribution is -0.152. The quantitative estimate of drug-likeness (QED) is 0.672. The van der Waals surface area contributed by atoms with E-state index < -0.39 is 0 Å². The summed E-state index contributed by atoms with van der Waals surface area (Å²) < 4.78 is 11.6. The van der Waals surface area contributed by atoms with Crippen molar-refractivity contribution in [3.8, 4) is 0 Å². The molecule has 3 atom stereocenters. The second-order valence-corrected chi connectivity index (χ2v) is 6.57. The molecule has 3 unspecified atom stereocenters. The first-order valence-corrected chi connectivity index (χ1v) is 7.59. The van der Waals surface area contributed by atoms with E-state index in [4.69, 9.17) is 21.1 Å². The molecule has 3 aliphatic rings. The maximum atomic E-state index is 6.47. The van der Waals surface area contributed by atoms with Crippen molar-refractivity contribution in [3.63, 3.8) is 0 Å². The average molecular weight is 259 g/mol. The molecular weight excluding hydrogens is 236 g/mol. The summed E-state index contributed by atoms with van der Waals surface area (Å²) >= 11 is 6.47. The topological polar surface area (TPSA) is 18.5 Å². The lowest BCUT2D eigenvalue weighted by atomic mass is 9.75. The monoisotopic (exact) mass is 258 g/mol. The van der Waals surface area contributed by atoms with Crippen LogP contribution < -0.4 is 0 Å². The molecule has 0 aromatic carbocycles. The highest BCUT2D eigenvalue weighted by Crippen LogP contribution is 2.45. The smallest absolute Gasteiger partial charge is 0.0729 e. The number of hydrogen-bond acceptors (Lipinski definition) is 2. The van der Waals surface area contributed by atoms with Gasteiger partial charge < -0.3 is 9.47 Å². The normalized spacial score (nSPS) is 41.8. The number of rotatable bonds is 1. The van der Waals surface area contributed by atoms with Gasteiger partial charge in [0, 0.05) is 25.2 Å². The first-order valence-electron chi connectivity index (χ1n) is 7.15. The molecule has 3 heteroatoms. The first kappa shape index (κ1) is 12.3. The van der Waals surface area contributed by atoms with Gasteiger partial charge in [-0.2, -0.15) is 0 Å². The molecule has 1 spiro atoms. The summed E-state index contributed by atoms with van der Waals surface area (Å²) in [6.07, 6.45) is 8.50. The number of alkyl halides is 1. The van der Waals surface area contributed by atoms with Crippen molar-refractivity contribution in [1.29, 1.82) is 0 Å². The zero-order valence-electron chi connectivity index (χ0n) is 10.5. The minimum Gasteiger partial charge on any atom is -0.381 e. The molecule has 0 amide bonds. The summed E-state index contributed by atoms with van der Waals surface area (Å²) in [7, 11) is 0. The average Bonchev–Trinajstić information content (AvgIpc) is 2.77. The molecule has 0 aromatic rings. The van der Waals surface area contributed by atoms with Gasteiger partial charge in [0.15, 0.2) is 0 Å². The Balaban J connectivity index is 1.66. The van der Waals surface area contributed by atoms with Gasteiger partial charge >= 0.3 is 0 Å². The molecule has 2 aliphatic heterocycles. The third-order valence-electron chi connectivity index (χ3n) is 5.02. The molecule has 2 heterocycles. The first-order chi connectivity index (χ1) is 8.29. The Bertz CT molecular complexity index is 257. The summed E-state index contributed by atoms with van der Waals surface area (Å²) in [6.45, 7) is 2.69. The molecule has 3 rings (SSSR count). The highest BCUT2D eigenvalue weighted by atomic mass is 35.5. The molecular formula is C14H23ClO2. The van der Waals surface area contributed by atoms with Gasteiger partial charge in [-0.25, -0.2) is 0 Å². The van der Waals surface area contributed by atoms with E-state index >= 15 is 0 Å². The maximum Gasteiger partial charge on any atom is 0.0729 e. The van der Waals surface area contributed by atoms with E-state index in [-0.39, 0.29) is 5.60 Å². The molecule has 17 heavy (non-hydrogen) atoms. The molecule has 2 saturated heterocycles. The van der Waals surface area contributed by atoms with Gasteiger partial charge in [-0.15, -0.1) is 11.6 Å². The van der Waals surface area contributed by atoms with Crippen molar-refractivity contribution < 1.29 is 9.47 Å². The van der Waals surface area contributed by atoms with Crippen LogP contribution in [0.15, 0.2) is 0 Å². The Hall–Kier alpha value is 0.210. The molecule has 98 valence electrons. The molecule has 0 radical (unpaired) electrons. The van der Waals surface area contributed by atoms with Crippen LogP contribution in [0.3, 0.4) is 0 Å². The Kier molecular flexibility index (Phi) is 3.65. The van der Waals surface area contributed by atoms with Crippen LogP contribution in [0.2, 0.25) is 0 Å². The van der Waals surface area contributed by atoms with E-state index in [9.17, 15) is 0 Å². The van der Waals surface area contributed by atoms with Gasteiger partial charge in [-0.05, 0) is 50.4 Å². The minimum atomic E-state index is 0.139. The fourth-order valence-corrected chi connectivity index (χ4v) is 4.48. The van der Waals surface area contributed by atoms with Crippen LogP contribution in [0.4, 0.5) is 0 Å². The predicted octanol–water partition coefficient (Wildman–Crippen LogP) is 3.37. The van der Waals surface area contributed by atoms with Crippen molar-refractivity contribution in [2.45, 2.75) is 55.9 Å². The molecule has 3 fully saturated rings. The standard InChI is InChI=1S/C14H23ClO2/c15-13-3-1-2-12(13)11-4-7-17-14(10-11)5-8-16-9-6-14/h11-13H,1-10H2. The third-order valence-corrected chi connectivity index (χ3v) is 5.56. The van der Waals surface area contributed by atoms with E-state index in [1.54, 1.807) is 0 Å². The maximum absolute atomic E-state index is 6.47. The SMILES string of the molecule is ClC1CCCC1C1CCOC2(CCOCC2)C1. The van der Waals surface area contributed by atoms with E-state index in [2.05, 4.69) is 0 Å². The molecule has 1 saturated carbocycles. The van der Waals surface area contributed by atoms with Crippen LogP contribution in [0, 0.1) is 11.8 Å². The van der Waals surface area contributed by atoms with E-state index in [0.717, 1.165) is 44.5 Å². The Labute approximate surface area is 109 Å². The summed E-state index contributed by atoms with van der Waals surface area (Å²) in [6, 6.07) is 0. The zero-order chi connectivity index (χ0) is 11.7. The van der Waals surface area contributed by atoms with Gasteiger partial charge in [0.2, 0.25) is 0 Å². The van der Waals surface area contributed by atoms with Crippen LogP contribution >= 0.6 is 11.6 Å². The van der Waals surface area contributed by atoms with E-state index in [0.29, 0.717) is 5.38 Å². The summed E-state index contributed by atoms with van der Waals surface area (Å²) in [4.78, 5) is 0. The molecule has 0 aromatic heterocycles. The van der Waals surface area contributed by atoms with Gasteiger partial charge in [0.25, 0.3) is 0 Å². The van der Waals surface area contributed by atoms with Gasteiger partial charge in [-0.1, -0.05) is 6.42 Å². The number of halogens is 1. The number of hydrogen-bond donors (Lipinski definition) is 0. The predicted molar refractivity (Wildman–Crippen MR) is 68.4 cm³/mol. The van der Waals surface area contributed by atoms with Crippen molar-refractivity contribution in [2.24, 2.45) is 11.8 Å². The van der Waals surface area contributed by atoms with Crippen molar-refractivity contribution in [1.82, 2.24) is 0 Å². The largest absolute Gasteiger partial charge is 0.381 e. The summed E-state index contributed by atoms with van der Waals surface area (Å²) in [5.74, 6) is 1.55. The molecule has 1 aliphatic carbocycles. The lowest BCUT2D eigenvalue weighted by Crippen LogP contribution is -2.46. The van der Waals surface area contributed by atoms with Crippen molar-refractivity contribution in [2.75, 3.05) is 19.8 Å². The van der Waals surface area contributed by atoms with Gasteiger partial charge in [0.05, 0.1) is 5.60 Å². The summed E-state index contributed by atoms with van der Waals surface area (Å²) in [5.41, 5.74) is 0.139. The van der Waals surface area contributed by atoms with Crippen LogP contribution in [0.1, 0.15) is 44.9 Å². The van der Waals surface area contributed by atoms with Gasteiger partial charge in [0.1, 0.15) is 0 Å². The second kappa shape index (κ2) is 5.07. The zero-order valence-corrected chi connectivity index (χ0v) is 11.3. The third kappa shape index (κ3) is 2.50. The van der Waals surface area contributed by atoms with Crippen LogP contribution in [-0.2, 0) is 9.47 Å². The van der Waals surface area contributed by atoms with E-state index in [1.165, 1.54) is 32.1 Å². The van der Waals surface area contributed by atoms with E-state index in [1.807, 2.05) is 0 Å². The fraction of sp³-hybridized carbons (Fsp3) is 1.00. The molecule has 2 nitrogen and oxygen atoms in total. The Morgan fingerprint density at radius 1 is 1.00 bits per heavy atom. The van der Waals surface area contributed by atoms with Gasteiger partial charge in [-0.3, -0.25) is 0 Å². The Morgan fingerprint density at radius 3 is 2.53 bits per heavy atom. The van der Waals surface area contributed by atoms with Crippen LogP contribution in [0.5, 0.6) is 0 Å². The van der Waals surface area contributed by atoms with Crippen LogP contribution in [-0.4, -0.2) is 30.8 Å². The fourth-order valence-electron chi connectivity index (χ4n) is 4.00. The van der Waals surface area contributed by atoms with Crippen molar-refractivity contribution >= 4 is 11.6 Å². The lowest BCUT2D eigenvalue weighted by Gasteiger charge is -2.45. The highest BCUT2D eigenvalue weighted by Gasteiger charge is 2.43. The summed E-state index contributed by atoms with van der Waals surface area (Å²) in [5, 5.41) is 0.426. The minimum absolute atomic E-state index is 0.139.